The van der Waals surface area contributed by atoms with Crippen LogP contribution in [0.25, 0.3) is 43.1 Å². The molecule has 4 aromatic carbocycles. The Morgan fingerprint density at radius 2 is 1.76 bits per heavy atom. The number of fused-ring (bicyclic) bond motifs is 3. The summed E-state index contributed by atoms with van der Waals surface area (Å²) in [5.74, 6) is -1.91. The molecule has 206 valence electrons. The van der Waals surface area contributed by atoms with Gasteiger partial charge in [-0.1, -0.05) is 25.1 Å². The first-order valence-electron chi connectivity index (χ1n) is 13.4. The number of carbonyl (C=O) groups is 3. The van der Waals surface area contributed by atoms with E-state index in [0.29, 0.717) is 34.8 Å². The number of amides is 2. The highest BCUT2D eigenvalue weighted by atomic mass is 32.1. The summed E-state index contributed by atoms with van der Waals surface area (Å²) < 4.78 is 7.41. The number of carboxylic acids is 1. The van der Waals surface area contributed by atoms with Gasteiger partial charge in [0.05, 0.1) is 27.9 Å². The van der Waals surface area contributed by atoms with E-state index in [1.807, 2.05) is 30.3 Å². The second-order valence-corrected chi connectivity index (χ2v) is 11.1. The molecule has 9 heteroatoms. The lowest BCUT2D eigenvalue weighted by Gasteiger charge is -2.17. The number of imide groups is 1. The van der Waals surface area contributed by atoms with Crippen LogP contribution >= 0.6 is 11.3 Å². The maximum Gasteiger partial charge on any atom is 0.335 e. The van der Waals surface area contributed by atoms with Crippen molar-refractivity contribution in [2.75, 3.05) is 16.8 Å². The summed E-state index contributed by atoms with van der Waals surface area (Å²) in [7, 11) is 0. The minimum absolute atomic E-state index is 0.0574. The van der Waals surface area contributed by atoms with Crippen LogP contribution in [0, 0.1) is 0 Å². The lowest BCUT2D eigenvalue weighted by Crippen LogP contribution is -2.29. The van der Waals surface area contributed by atoms with Crippen molar-refractivity contribution in [1.29, 1.82) is 0 Å². The van der Waals surface area contributed by atoms with Crippen LogP contribution in [0.5, 0.6) is 0 Å². The molecular weight excluding hydrogens is 550 g/mol. The molecule has 0 fully saturated rings. The third-order valence-corrected chi connectivity index (χ3v) is 8.45. The summed E-state index contributed by atoms with van der Waals surface area (Å²) in [4.78, 5) is 45.1. The Labute approximate surface area is 243 Å². The predicted molar refractivity (Wildman–Crippen MR) is 164 cm³/mol. The molecule has 0 bridgehead atoms. The van der Waals surface area contributed by atoms with Crippen LogP contribution in [0.2, 0.25) is 0 Å². The van der Waals surface area contributed by atoms with Crippen molar-refractivity contribution in [3.63, 3.8) is 0 Å². The molecule has 2 N–H and O–H groups in total. The van der Waals surface area contributed by atoms with E-state index < -0.39 is 17.8 Å². The number of oxazole rings is 1. The summed E-state index contributed by atoms with van der Waals surface area (Å²) >= 11 is 1.72. The van der Waals surface area contributed by atoms with Crippen molar-refractivity contribution in [2.45, 2.75) is 13.3 Å². The van der Waals surface area contributed by atoms with Gasteiger partial charge in [-0.15, -0.1) is 11.3 Å². The fourth-order valence-corrected chi connectivity index (χ4v) is 6.25. The van der Waals surface area contributed by atoms with Crippen molar-refractivity contribution in [3.05, 3.63) is 102 Å². The first-order valence-corrected chi connectivity index (χ1v) is 14.3. The van der Waals surface area contributed by atoms with Gasteiger partial charge in [-0.25, -0.2) is 14.7 Å². The van der Waals surface area contributed by atoms with Crippen molar-refractivity contribution in [2.24, 2.45) is 0 Å². The van der Waals surface area contributed by atoms with Gasteiger partial charge in [-0.3, -0.25) is 9.59 Å². The number of thiophene rings is 1. The summed E-state index contributed by atoms with van der Waals surface area (Å²) in [5.41, 5.74) is 4.19. The number of hydrogen-bond acceptors (Lipinski definition) is 7. The fraction of sp³-hybridized carbons (Fsp3) is 0.0909. The molecule has 0 aliphatic carbocycles. The topological polar surface area (TPSA) is 113 Å². The highest BCUT2D eigenvalue weighted by Crippen LogP contribution is 2.39. The Morgan fingerprint density at radius 3 is 2.57 bits per heavy atom. The van der Waals surface area contributed by atoms with E-state index in [1.165, 1.54) is 28.3 Å². The van der Waals surface area contributed by atoms with Crippen LogP contribution < -0.4 is 10.2 Å². The second kappa shape index (κ2) is 9.97. The number of carbonyl (C=O) groups excluding carboxylic acids is 2. The summed E-state index contributed by atoms with van der Waals surface area (Å²) in [6, 6.07) is 25.5. The molecule has 6 aromatic rings. The highest BCUT2D eigenvalue weighted by Gasteiger charge is 2.37. The van der Waals surface area contributed by atoms with Crippen LogP contribution in [-0.2, 0) is 0 Å². The number of hydrogen-bond donors (Lipinski definition) is 2. The van der Waals surface area contributed by atoms with E-state index in [2.05, 4.69) is 30.4 Å². The monoisotopic (exact) mass is 573 g/mol. The van der Waals surface area contributed by atoms with Crippen LogP contribution in [0.1, 0.15) is 44.4 Å². The van der Waals surface area contributed by atoms with Gasteiger partial charge >= 0.3 is 5.97 Å². The molecule has 0 radical (unpaired) electrons. The Bertz CT molecular complexity index is 2040. The third kappa shape index (κ3) is 4.22. The van der Waals surface area contributed by atoms with Crippen molar-refractivity contribution < 1.29 is 23.9 Å². The molecule has 2 amide bonds. The van der Waals surface area contributed by atoms with E-state index >= 15 is 0 Å². The highest BCUT2D eigenvalue weighted by molar-refractivity contribution is 7.22. The molecule has 3 heterocycles. The van der Waals surface area contributed by atoms with E-state index in [4.69, 9.17) is 9.40 Å². The average Bonchev–Trinajstić information content (AvgIpc) is 3.69. The van der Waals surface area contributed by atoms with E-state index in [-0.39, 0.29) is 16.7 Å². The molecule has 0 unspecified atom stereocenters. The molecule has 0 saturated heterocycles. The molecule has 1 aliphatic heterocycles. The second-order valence-electron chi connectivity index (χ2n) is 10.0. The van der Waals surface area contributed by atoms with Crippen LogP contribution in [0.15, 0.2) is 89.3 Å². The Kier molecular flexibility index (Phi) is 6.09. The van der Waals surface area contributed by atoms with Gasteiger partial charge in [0.15, 0.2) is 5.58 Å². The number of nitrogens with zero attached hydrogens (tertiary/aromatic N) is 2. The van der Waals surface area contributed by atoms with Gasteiger partial charge in [0, 0.05) is 21.8 Å². The van der Waals surface area contributed by atoms with E-state index in [9.17, 15) is 19.5 Å². The molecule has 0 atom stereocenters. The zero-order chi connectivity index (χ0) is 29.0. The number of aromatic nitrogens is 1. The summed E-state index contributed by atoms with van der Waals surface area (Å²) in [5, 5.41) is 13.9. The maximum atomic E-state index is 13.3. The Balaban J connectivity index is 1.29. The molecule has 7 rings (SSSR count). The average molecular weight is 574 g/mol. The Hall–Kier alpha value is -5.28. The largest absolute Gasteiger partial charge is 0.478 e. The molecule has 8 nitrogen and oxygen atoms in total. The number of aromatic carboxylic acids is 1. The molecule has 2 aromatic heterocycles. The van der Waals surface area contributed by atoms with E-state index in [1.54, 1.807) is 29.5 Å². The normalized spacial score (nSPS) is 12.8. The van der Waals surface area contributed by atoms with Crippen LogP contribution in [0.3, 0.4) is 0 Å². The van der Waals surface area contributed by atoms with E-state index in [0.717, 1.165) is 27.4 Å². The van der Waals surface area contributed by atoms with Crippen LogP contribution in [-0.4, -0.2) is 34.4 Å². The van der Waals surface area contributed by atoms with Gasteiger partial charge < -0.3 is 14.8 Å². The van der Waals surface area contributed by atoms with Gasteiger partial charge in [0.25, 0.3) is 11.8 Å². The molecule has 1 aliphatic rings. The lowest BCUT2D eigenvalue weighted by atomic mass is 10.1. The van der Waals surface area contributed by atoms with Gasteiger partial charge in [0.2, 0.25) is 5.89 Å². The zero-order valence-electron chi connectivity index (χ0n) is 22.4. The van der Waals surface area contributed by atoms with Gasteiger partial charge in [0.1, 0.15) is 5.52 Å². The van der Waals surface area contributed by atoms with Gasteiger partial charge in [-0.2, -0.15) is 0 Å². The summed E-state index contributed by atoms with van der Waals surface area (Å²) in [6.07, 6.45) is 0.887. The maximum absolute atomic E-state index is 13.3. The van der Waals surface area contributed by atoms with Crippen molar-refractivity contribution in [3.8, 4) is 21.9 Å². The van der Waals surface area contributed by atoms with Crippen LogP contribution in [0.4, 0.5) is 11.4 Å². The molecule has 0 spiro atoms. The lowest BCUT2D eigenvalue weighted by molar-refractivity contribution is 0.0696. The minimum atomic E-state index is -1.17. The predicted octanol–water partition coefficient (Wildman–Crippen LogP) is 7.70. The van der Waals surface area contributed by atoms with Gasteiger partial charge in [-0.05, 0) is 84.1 Å². The quantitative estimate of drug-likeness (QED) is 0.188. The third-order valence-electron chi connectivity index (χ3n) is 7.29. The first kappa shape index (κ1) is 25.7. The van der Waals surface area contributed by atoms with Crippen molar-refractivity contribution in [1.82, 2.24) is 4.98 Å². The number of anilines is 2. The molecule has 42 heavy (non-hydrogen) atoms. The first-order chi connectivity index (χ1) is 20.4. The SMILES string of the molecule is CCCNc1ccc(N2C(=O)c3ccc(C(=O)O)cc3C2=O)cc1-c1nc2cc(-c3cc4ccccc4s3)ccc2o1. The Morgan fingerprint density at radius 1 is 0.929 bits per heavy atom. The number of rotatable bonds is 7. The number of nitrogens with one attached hydrogen (secondary N) is 1. The van der Waals surface area contributed by atoms with Crippen molar-refractivity contribution >= 4 is 61.7 Å². The fourth-order valence-electron chi connectivity index (χ4n) is 5.19. The standard InChI is InChI=1S/C33H23N3O5S/c1-2-13-34-25-11-9-21(36-31(37)22-10-7-20(33(39)40)14-23(22)32(36)38)17-24(25)30-35-26-15-19(8-12-27(26)41-30)29-16-18-5-3-4-6-28(18)42-29/h3-12,14-17,34H,2,13H2,1H3,(H,39,40). The number of benzene rings is 4. The summed E-state index contributed by atoms with van der Waals surface area (Å²) in [6.45, 7) is 2.76. The minimum Gasteiger partial charge on any atom is -0.478 e. The number of carboxylic acid groups (broad SMARTS) is 1. The molecule has 0 saturated carbocycles. The molecular formula is C33H23N3O5S. The zero-order valence-corrected chi connectivity index (χ0v) is 23.2. The smallest absolute Gasteiger partial charge is 0.335 e.